The van der Waals surface area contributed by atoms with Crippen molar-refractivity contribution in [1.29, 1.82) is 0 Å². The molecule has 2 unspecified atom stereocenters. The molecule has 1 aromatic rings. The molecule has 1 N–H and O–H groups in total. The van der Waals surface area contributed by atoms with Gasteiger partial charge < -0.3 is 10.1 Å². The van der Waals surface area contributed by atoms with E-state index in [1.807, 2.05) is 0 Å². The van der Waals surface area contributed by atoms with Crippen molar-refractivity contribution in [1.82, 2.24) is 5.32 Å². The minimum absolute atomic E-state index is 0.658. The van der Waals surface area contributed by atoms with Gasteiger partial charge in [-0.15, -0.1) is 0 Å². The van der Waals surface area contributed by atoms with Crippen LogP contribution in [-0.4, -0.2) is 26.3 Å². The summed E-state index contributed by atoms with van der Waals surface area (Å²) in [4.78, 5) is 0. The minimum Gasteiger partial charge on any atom is -0.381 e. The van der Waals surface area contributed by atoms with Crippen molar-refractivity contribution in [3.63, 3.8) is 0 Å². The molecule has 1 fully saturated rings. The van der Waals surface area contributed by atoms with Crippen LogP contribution in [0.5, 0.6) is 0 Å². The maximum Gasteiger partial charge on any atom is 0.0538 e. The molecule has 0 bridgehead atoms. The highest BCUT2D eigenvalue weighted by molar-refractivity contribution is 5.39. The second-order valence-corrected chi connectivity index (χ2v) is 5.68. The van der Waals surface area contributed by atoms with Gasteiger partial charge in [-0.3, -0.25) is 0 Å². The van der Waals surface area contributed by atoms with Gasteiger partial charge in [0.05, 0.1) is 6.61 Å². The number of piperidine rings is 1. The van der Waals surface area contributed by atoms with E-state index in [1.165, 1.54) is 49.9 Å². The third-order valence-electron chi connectivity index (χ3n) is 4.35. The summed E-state index contributed by atoms with van der Waals surface area (Å²) < 4.78 is 5.87. The third-order valence-corrected chi connectivity index (χ3v) is 4.35. The van der Waals surface area contributed by atoms with Gasteiger partial charge in [0.25, 0.3) is 0 Å². The molecule has 2 nitrogen and oxygen atoms in total. The van der Waals surface area contributed by atoms with Gasteiger partial charge in [0.15, 0.2) is 0 Å². The van der Waals surface area contributed by atoms with Crippen molar-refractivity contribution in [2.24, 2.45) is 5.92 Å². The van der Waals surface area contributed by atoms with E-state index in [0.717, 1.165) is 19.1 Å². The highest BCUT2D eigenvalue weighted by atomic mass is 16.5. The summed E-state index contributed by atoms with van der Waals surface area (Å²) in [6.45, 7) is 4.24. The van der Waals surface area contributed by atoms with Gasteiger partial charge in [0.1, 0.15) is 0 Å². The molecular formula is C16H23NO. The number of ether oxygens (including phenoxy) is 1. The van der Waals surface area contributed by atoms with Crippen LogP contribution in [0, 0.1) is 5.92 Å². The molecule has 1 aliphatic carbocycles. The van der Waals surface area contributed by atoms with Crippen molar-refractivity contribution in [2.45, 2.75) is 31.6 Å². The lowest BCUT2D eigenvalue weighted by Crippen LogP contribution is -2.30. The van der Waals surface area contributed by atoms with E-state index in [0.29, 0.717) is 5.92 Å². The van der Waals surface area contributed by atoms with Gasteiger partial charge in [-0.05, 0) is 55.8 Å². The van der Waals surface area contributed by atoms with E-state index in [4.69, 9.17) is 4.74 Å². The molecule has 2 heteroatoms. The van der Waals surface area contributed by atoms with E-state index < -0.39 is 0 Å². The zero-order valence-electron chi connectivity index (χ0n) is 11.0. The van der Waals surface area contributed by atoms with Gasteiger partial charge in [0, 0.05) is 12.5 Å². The summed E-state index contributed by atoms with van der Waals surface area (Å²) in [5.41, 5.74) is 3.03. The Labute approximate surface area is 110 Å². The molecule has 0 aromatic heterocycles. The zero-order valence-corrected chi connectivity index (χ0v) is 11.0. The van der Waals surface area contributed by atoms with Gasteiger partial charge in [0.2, 0.25) is 0 Å². The predicted molar refractivity (Wildman–Crippen MR) is 73.9 cm³/mol. The first kappa shape index (κ1) is 12.2. The van der Waals surface area contributed by atoms with Crippen molar-refractivity contribution in [2.75, 3.05) is 26.3 Å². The molecule has 1 saturated heterocycles. The molecule has 1 aromatic carbocycles. The van der Waals surface area contributed by atoms with Crippen LogP contribution in [0.3, 0.4) is 0 Å². The van der Waals surface area contributed by atoms with Crippen LogP contribution in [0.1, 0.15) is 36.3 Å². The molecule has 0 radical (unpaired) electrons. The largest absolute Gasteiger partial charge is 0.381 e. The van der Waals surface area contributed by atoms with Gasteiger partial charge in [-0.1, -0.05) is 24.3 Å². The number of rotatable bonds is 5. The van der Waals surface area contributed by atoms with Crippen LogP contribution in [0.25, 0.3) is 0 Å². The first-order valence-electron chi connectivity index (χ1n) is 7.30. The van der Waals surface area contributed by atoms with E-state index in [9.17, 15) is 0 Å². The van der Waals surface area contributed by atoms with Gasteiger partial charge in [-0.2, -0.15) is 0 Å². The number of fused-ring (bicyclic) bond motifs is 1. The van der Waals surface area contributed by atoms with Crippen LogP contribution < -0.4 is 5.32 Å². The first-order chi connectivity index (χ1) is 8.93. The van der Waals surface area contributed by atoms with E-state index >= 15 is 0 Å². The summed E-state index contributed by atoms with van der Waals surface area (Å²) in [7, 11) is 0. The lowest BCUT2D eigenvalue weighted by Gasteiger charge is -2.30. The number of hydrogen-bond donors (Lipinski definition) is 1. The summed E-state index contributed by atoms with van der Waals surface area (Å²) in [6.07, 6.45) is 5.14. The Kier molecular flexibility index (Phi) is 3.96. The summed E-state index contributed by atoms with van der Waals surface area (Å²) >= 11 is 0. The molecule has 3 rings (SSSR count). The number of benzene rings is 1. The fourth-order valence-corrected chi connectivity index (χ4v) is 3.16. The van der Waals surface area contributed by atoms with Crippen molar-refractivity contribution in [3.05, 3.63) is 35.4 Å². The average Bonchev–Trinajstić information content (AvgIpc) is 2.40. The van der Waals surface area contributed by atoms with Crippen molar-refractivity contribution >= 4 is 0 Å². The predicted octanol–water partition coefficient (Wildman–Crippen LogP) is 2.73. The zero-order chi connectivity index (χ0) is 12.2. The molecule has 2 aliphatic rings. The quantitative estimate of drug-likeness (QED) is 0.805. The van der Waals surface area contributed by atoms with Crippen LogP contribution in [-0.2, 0) is 11.2 Å². The maximum atomic E-state index is 5.87. The lowest BCUT2D eigenvalue weighted by molar-refractivity contribution is 0.0988. The number of hydrogen-bond acceptors (Lipinski definition) is 2. The fourth-order valence-electron chi connectivity index (χ4n) is 3.16. The highest BCUT2D eigenvalue weighted by Crippen LogP contribution is 2.34. The third kappa shape index (κ3) is 2.76. The SMILES string of the molecule is c1ccc2c(c1)CC2COCCC1CCCNC1. The normalized spacial score (nSPS) is 26.4. The van der Waals surface area contributed by atoms with E-state index in [2.05, 4.69) is 29.6 Å². The Hall–Kier alpha value is -0.860. The molecular weight excluding hydrogens is 222 g/mol. The van der Waals surface area contributed by atoms with Gasteiger partial charge >= 0.3 is 0 Å². The Bertz CT molecular complexity index is 384. The summed E-state index contributed by atoms with van der Waals surface area (Å²) in [5, 5.41) is 3.46. The Morgan fingerprint density at radius 1 is 1.28 bits per heavy atom. The van der Waals surface area contributed by atoms with E-state index in [1.54, 1.807) is 0 Å². The molecule has 0 amide bonds. The Morgan fingerprint density at radius 3 is 3.06 bits per heavy atom. The van der Waals surface area contributed by atoms with Crippen LogP contribution in [0.4, 0.5) is 0 Å². The second kappa shape index (κ2) is 5.85. The number of nitrogens with one attached hydrogen (secondary N) is 1. The molecule has 0 spiro atoms. The van der Waals surface area contributed by atoms with Crippen LogP contribution >= 0.6 is 0 Å². The molecule has 1 heterocycles. The minimum atomic E-state index is 0.658. The Morgan fingerprint density at radius 2 is 2.22 bits per heavy atom. The van der Waals surface area contributed by atoms with Crippen molar-refractivity contribution < 1.29 is 4.74 Å². The average molecular weight is 245 g/mol. The molecule has 1 aliphatic heterocycles. The summed E-state index contributed by atoms with van der Waals surface area (Å²) in [5.74, 6) is 1.50. The molecule has 2 atom stereocenters. The molecule has 98 valence electrons. The summed E-state index contributed by atoms with van der Waals surface area (Å²) in [6, 6.07) is 8.75. The maximum absolute atomic E-state index is 5.87. The fraction of sp³-hybridized carbons (Fsp3) is 0.625. The first-order valence-corrected chi connectivity index (χ1v) is 7.30. The smallest absolute Gasteiger partial charge is 0.0538 e. The van der Waals surface area contributed by atoms with Gasteiger partial charge in [-0.25, -0.2) is 0 Å². The Balaban J connectivity index is 1.34. The molecule has 18 heavy (non-hydrogen) atoms. The standard InChI is InChI=1S/C16H23NO/c1-2-6-16-14(5-1)10-15(16)12-18-9-7-13-4-3-8-17-11-13/h1-2,5-6,13,15,17H,3-4,7-12H2. The lowest BCUT2D eigenvalue weighted by atomic mass is 9.78. The van der Waals surface area contributed by atoms with Crippen LogP contribution in [0.2, 0.25) is 0 Å². The topological polar surface area (TPSA) is 21.3 Å². The highest BCUT2D eigenvalue weighted by Gasteiger charge is 2.25. The second-order valence-electron chi connectivity index (χ2n) is 5.68. The molecule has 0 saturated carbocycles. The van der Waals surface area contributed by atoms with Crippen LogP contribution in [0.15, 0.2) is 24.3 Å². The van der Waals surface area contributed by atoms with Crippen molar-refractivity contribution in [3.8, 4) is 0 Å². The van der Waals surface area contributed by atoms with E-state index in [-0.39, 0.29) is 0 Å². The monoisotopic (exact) mass is 245 g/mol.